The van der Waals surface area contributed by atoms with Crippen LogP contribution >= 0.6 is 11.6 Å². The molecule has 32 heavy (non-hydrogen) atoms. The molecule has 0 aliphatic carbocycles. The summed E-state index contributed by atoms with van der Waals surface area (Å²) in [6, 6.07) is 20.5. The first-order valence-corrected chi connectivity index (χ1v) is 10.4. The van der Waals surface area contributed by atoms with Gasteiger partial charge in [-0.1, -0.05) is 59.2 Å². The molecule has 0 saturated carbocycles. The summed E-state index contributed by atoms with van der Waals surface area (Å²) in [4.78, 5) is 19.2. The van der Waals surface area contributed by atoms with Gasteiger partial charge in [0.25, 0.3) is 5.72 Å². The Kier molecular flexibility index (Phi) is 4.90. The van der Waals surface area contributed by atoms with Gasteiger partial charge in [0.15, 0.2) is 17.3 Å². The Bertz CT molecular complexity index is 1210. The monoisotopic (exact) mass is 449 g/mol. The van der Waals surface area contributed by atoms with Crippen molar-refractivity contribution in [3.05, 3.63) is 94.0 Å². The lowest BCUT2D eigenvalue weighted by molar-refractivity contribution is -0.133. The molecule has 0 aromatic heterocycles. The summed E-state index contributed by atoms with van der Waals surface area (Å²) in [7, 11) is 3.13. The van der Waals surface area contributed by atoms with Gasteiger partial charge >= 0.3 is 0 Å². The van der Waals surface area contributed by atoms with Crippen LogP contribution in [0.1, 0.15) is 22.3 Å². The highest BCUT2D eigenvalue weighted by molar-refractivity contribution is 6.30. The molecule has 0 spiro atoms. The molecule has 2 aliphatic rings. The highest BCUT2D eigenvalue weighted by Gasteiger charge is 2.54. The number of nitrogens with zero attached hydrogens (tertiary/aromatic N) is 2. The first-order valence-electron chi connectivity index (χ1n) is 9.99. The average Bonchev–Trinajstić information content (AvgIpc) is 3.13. The molecule has 0 radical (unpaired) electrons. The van der Waals surface area contributed by atoms with Gasteiger partial charge in [-0.2, -0.15) is 0 Å². The predicted octanol–water partition coefficient (Wildman–Crippen LogP) is 3.84. The minimum absolute atomic E-state index is 0.132. The smallest absolute Gasteiger partial charge is 0.280 e. The molecule has 5 rings (SSSR count). The Hall–Kier alpha value is -3.71. The van der Waals surface area contributed by atoms with Crippen molar-refractivity contribution in [2.45, 2.75) is 12.1 Å². The minimum Gasteiger partial charge on any atom is -0.493 e. The highest BCUT2D eigenvalue weighted by Crippen LogP contribution is 2.47. The normalized spacial score (nSPS) is 19.2. The lowest BCUT2D eigenvalue weighted by Crippen LogP contribution is -2.55. The molecule has 2 aliphatic heterocycles. The third kappa shape index (κ3) is 3.05. The van der Waals surface area contributed by atoms with Gasteiger partial charge in [0.1, 0.15) is 0 Å². The van der Waals surface area contributed by atoms with Crippen molar-refractivity contribution in [1.29, 1.82) is 0 Å². The van der Waals surface area contributed by atoms with E-state index < -0.39 is 5.72 Å². The lowest BCUT2D eigenvalue weighted by atomic mass is 9.88. The van der Waals surface area contributed by atoms with Crippen LogP contribution in [0.2, 0.25) is 5.02 Å². The van der Waals surface area contributed by atoms with Crippen molar-refractivity contribution in [2.24, 2.45) is 5.16 Å². The fraction of sp³-hybridized carbons (Fsp3) is 0.167. The quantitative estimate of drug-likeness (QED) is 0.655. The van der Waals surface area contributed by atoms with E-state index in [4.69, 9.17) is 25.9 Å². The molecule has 1 atom stereocenters. The van der Waals surface area contributed by atoms with E-state index in [-0.39, 0.29) is 12.3 Å². The number of hydrogen-bond acceptors (Lipinski definition) is 6. The number of ether oxygens (including phenoxy) is 2. The van der Waals surface area contributed by atoms with Crippen molar-refractivity contribution in [3.8, 4) is 11.5 Å². The summed E-state index contributed by atoms with van der Waals surface area (Å²) in [6.45, 7) is 0. The van der Waals surface area contributed by atoms with Crippen molar-refractivity contribution >= 4 is 23.3 Å². The predicted molar refractivity (Wildman–Crippen MR) is 120 cm³/mol. The van der Waals surface area contributed by atoms with Crippen LogP contribution in [-0.2, 0) is 21.8 Å². The number of carbonyl (C=O) groups excluding carboxylic acids is 1. The Morgan fingerprint density at radius 3 is 2.41 bits per heavy atom. The second-order valence-corrected chi connectivity index (χ2v) is 7.87. The number of oxime groups is 1. The van der Waals surface area contributed by atoms with Gasteiger partial charge in [-0.15, -0.1) is 0 Å². The van der Waals surface area contributed by atoms with Gasteiger partial charge in [0.05, 0.1) is 20.6 Å². The molecule has 1 unspecified atom stereocenters. The molecule has 3 aromatic carbocycles. The van der Waals surface area contributed by atoms with Gasteiger partial charge in [0.2, 0.25) is 5.91 Å². The maximum Gasteiger partial charge on any atom is 0.280 e. The minimum atomic E-state index is -1.27. The molecule has 1 N–H and O–H groups in total. The fourth-order valence-corrected chi connectivity index (χ4v) is 4.27. The molecule has 0 saturated heterocycles. The zero-order chi connectivity index (χ0) is 22.3. The molecular weight excluding hydrogens is 430 g/mol. The molecule has 0 fully saturated rings. The van der Waals surface area contributed by atoms with Crippen LogP contribution in [0.4, 0.5) is 0 Å². The van der Waals surface area contributed by atoms with Crippen molar-refractivity contribution in [2.75, 3.05) is 14.2 Å². The molecule has 3 aromatic rings. The van der Waals surface area contributed by atoms with E-state index in [0.29, 0.717) is 27.9 Å². The Morgan fingerprint density at radius 2 is 1.72 bits per heavy atom. The second-order valence-electron chi connectivity index (χ2n) is 7.43. The zero-order valence-corrected chi connectivity index (χ0v) is 18.2. The highest BCUT2D eigenvalue weighted by atomic mass is 35.5. The van der Waals surface area contributed by atoms with E-state index in [1.54, 1.807) is 37.4 Å². The Balaban J connectivity index is 1.79. The van der Waals surface area contributed by atoms with Crippen molar-refractivity contribution in [1.82, 2.24) is 10.4 Å². The molecule has 7 nitrogen and oxygen atoms in total. The van der Waals surface area contributed by atoms with Crippen LogP contribution in [0.3, 0.4) is 0 Å². The van der Waals surface area contributed by atoms with Gasteiger partial charge in [-0.25, -0.2) is 5.01 Å². The number of fused-ring (bicyclic) bond motifs is 3. The number of nitrogens with one attached hydrogen (secondary N) is 1. The number of amides is 1. The van der Waals surface area contributed by atoms with Gasteiger partial charge in [0, 0.05) is 21.7 Å². The summed E-state index contributed by atoms with van der Waals surface area (Å²) in [5, 5.41) is 6.68. The zero-order valence-electron chi connectivity index (χ0n) is 17.5. The summed E-state index contributed by atoms with van der Waals surface area (Å²) >= 11 is 6.17. The number of benzene rings is 3. The van der Waals surface area contributed by atoms with E-state index in [0.717, 1.165) is 16.7 Å². The number of methoxy groups -OCH3 is 2. The number of halogens is 1. The molecule has 0 bridgehead atoms. The van der Waals surface area contributed by atoms with Crippen LogP contribution < -0.4 is 14.9 Å². The maximum atomic E-state index is 13.0. The number of amidine groups is 1. The van der Waals surface area contributed by atoms with E-state index in [9.17, 15) is 4.79 Å². The van der Waals surface area contributed by atoms with Gasteiger partial charge < -0.3 is 14.3 Å². The molecular formula is C24H20ClN3O4. The largest absolute Gasteiger partial charge is 0.493 e. The van der Waals surface area contributed by atoms with Gasteiger partial charge in [-0.05, 0) is 29.8 Å². The van der Waals surface area contributed by atoms with Crippen LogP contribution in [-0.4, -0.2) is 31.0 Å². The summed E-state index contributed by atoms with van der Waals surface area (Å²) in [5.74, 6) is 1.33. The van der Waals surface area contributed by atoms with E-state index in [1.807, 2.05) is 48.5 Å². The first-order chi connectivity index (χ1) is 15.6. The second kappa shape index (κ2) is 7.76. The average molecular weight is 450 g/mol. The third-order valence-corrected chi connectivity index (χ3v) is 5.87. The number of hydrogen-bond donors (Lipinski definition) is 1. The summed E-state index contributed by atoms with van der Waals surface area (Å²) in [5.41, 5.74) is 4.72. The van der Waals surface area contributed by atoms with Crippen LogP contribution in [0.5, 0.6) is 11.5 Å². The van der Waals surface area contributed by atoms with Crippen LogP contribution in [0.15, 0.2) is 71.9 Å². The molecule has 2 heterocycles. The number of hydrazine groups is 1. The van der Waals surface area contributed by atoms with E-state index in [2.05, 4.69) is 10.6 Å². The van der Waals surface area contributed by atoms with Crippen molar-refractivity contribution in [3.63, 3.8) is 0 Å². The van der Waals surface area contributed by atoms with Crippen LogP contribution in [0.25, 0.3) is 0 Å². The molecule has 162 valence electrons. The standard InChI is InChI=1S/C24H20ClN3O4/c1-30-20-12-16-13-22(29)26-28-23(15-6-4-3-5-7-15)27-32-24(28,19(16)14-21(20)31-2)17-8-10-18(25)11-9-17/h3-12,14H,13H2,1-2H3,(H,26,29). The first kappa shape index (κ1) is 20.2. The van der Waals surface area contributed by atoms with E-state index >= 15 is 0 Å². The SMILES string of the molecule is COc1cc2c(cc1OC)C1(c3ccc(Cl)cc3)ON=C(c3ccccc3)N1NC(=O)C2. The number of rotatable bonds is 4. The summed E-state index contributed by atoms with van der Waals surface area (Å²) < 4.78 is 11.0. The Labute approximate surface area is 190 Å². The van der Waals surface area contributed by atoms with E-state index in [1.165, 1.54) is 0 Å². The molecule has 8 heteroatoms. The van der Waals surface area contributed by atoms with Gasteiger partial charge in [-0.3, -0.25) is 10.2 Å². The Morgan fingerprint density at radius 1 is 1.03 bits per heavy atom. The number of carbonyl (C=O) groups is 1. The summed E-state index contributed by atoms with van der Waals surface area (Å²) in [6.07, 6.45) is 0.132. The molecule has 1 amide bonds. The fourth-order valence-electron chi connectivity index (χ4n) is 4.14. The lowest BCUT2D eigenvalue weighted by Gasteiger charge is -2.37. The van der Waals surface area contributed by atoms with Crippen LogP contribution in [0, 0.1) is 0 Å². The van der Waals surface area contributed by atoms with Crippen molar-refractivity contribution < 1.29 is 19.1 Å². The topological polar surface area (TPSA) is 72.4 Å². The maximum absolute atomic E-state index is 13.0. The third-order valence-electron chi connectivity index (χ3n) is 5.62.